The number of hydrogen-bond donors (Lipinski definition) is 1. The molecule has 3 aliphatic carbocycles. The van der Waals surface area contributed by atoms with Gasteiger partial charge in [0, 0.05) is 12.1 Å². The lowest BCUT2D eigenvalue weighted by Gasteiger charge is -2.47. The number of fused-ring (bicyclic) bond motifs is 4. The van der Waals surface area contributed by atoms with Crippen molar-refractivity contribution in [2.45, 2.75) is 38.6 Å². The average molecular weight is 379 g/mol. The molecule has 5 rings (SSSR count). The van der Waals surface area contributed by atoms with Crippen molar-refractivity contribution >= 4 is 28.9 Å². The van der Waals surface area contributed by atoms with Crippen LogP contribution in [-0.2, 0) is 9.53 Å². The predicted octanol–water partition coefficient (Wildman–Crippen LogP) is 3.17. The Morgan fingerprint density at radius 1 is 1.31 bits per heavy atom. The standard InChI is InChI=1S/C18H23ClN4O3/c1-3-26-17(24)14-10-4-6-11(7-5-10)15(14)20-16-12-8-9-13(25-2)23(12)22-18(19)21-16/h8-11,14-15H,3-7H2,1-2H3,(H,20,21,22)/t10?,11?,14-,15-/m1/s1. The Morgan fingerprint density at radius 2 is 2.04 bits per heavy atom. The second kappa shape index (κ2) is 6.95. The summed E-state index contributed by atoms with van der Waals surface area (Å²) in [6, 6.07) is 3.71. The fourth-order valence-electron chi connectivity index (χ4n) is 4.60. The van der Waals surface area contributed by atoms with E-state index in [1.54, 1.807) is 11.6 Å². The molecule has 2 heterocycles. The van der Waals surface area contributed by atoms with Crippen LogP contribution in [0.3, 0.4) is 0 Å². The van der Waals surface area contributed by atoms with Gasteiger partial charge in [-0.05, 0) is 62.1 Å². The third kappa shape index (κ3) is 2.88. The Kier molecular flexibility index (Phi) is 4.65. The normalized spacial score (nSPS) is 27.5. The number of rotatable bonds is 5. The van der Waals surface area contributed by atoms with Crippen LogP contribution in [0.1, 0.15) is 32.6 Å². The van der Waals surface area contributed by atoms with Crippen LogP contribution in [0.25, 0.3) is 5.52 Å². The first-order valence-corrected chi connectivity index (χ1v) is 9.52. The Bertz CT molecular complexity index is 816. The van der Waals surface area contributed by atoms with Gasteiger partial charge in [0.25, 0.3) is 0 Å². The molecule has 8 heteroatoms. The SMILES string of the molecule is CCOC(=O)[C@@H]1C2CCC(CC2)[C@H]1Nc1nc(Cl)nn2c(OC)ccc12. The summed E-state index contributed by atoms with van der Waals surface area (Å²) in [5, 5.41) is 7.84. The highest BCUT2D eigenvalue weighted by Crippen LogP contribution is 2.47. The molecular formula is C18H23ClN4O3. The van der Waals surface area contributed by atoms with Crippen LogP contribution in [0.5, 0.6) is 5.88 Å². The molecule has 0 aliphatic heterocycles. The molecule has 0 unspecified atom stereocenters. The van der Waals surface area contributed by atoms with E-state index in [0.717, 1.165) is 31.2 Å². The summed E-state index contributed by atoms with van der Waals surface area (Å²) >= 11 is 6.12. The number of hydrogen-bond acceptors (Lipinski definition) is 6. The molecule has 0 saturated heterocycles. The largest absolute Gasteiger partial charge is 0.481 e. The van der Waals surface area contributed by atoms with Crippen molar-refractivity contribution in [1.82, 2.24) is 14.6 Å². The fraction of sp³-hybridized carbons (Fsp3) is 0.611. The summed E-state index contributed by atoms with van der Waals surface area (Å²) in [5.41, 5.74) is 0.773. The van der Waals surface area contributed by atoms with E-state index in [1.807, 2.05) is 19.1 Å². The summed E-state index contributed by atoms with van der Waals surface area (Å²) in [5.74, 6) is 1.75. The Balaban J connectivity index is 1.69. The molecular weight excluding hydrogens is 356 g/mol. The number of carbonyl (C=O) groups is 1. The molecule has 7 nitrogen and oxygen atoms in total. The minimum absolute atomic E-state index is 0.00258. The predicted molar refractivity (Wildman–Crippen MR) is 97.5 cm³/mol. The Hall–Kier alpha value is -2.02. The van der Waals surface area contributed by atoms with Crippen LogP contribution in [0.15, 0.2) is 12.1 Å². The van der Waals surface area contributed by atoms with Crippen LogP contribution < -0.4 is 10.1 Å². The van der Waals surface area contributed by atoms with Crippen molar-refractivity contribution in [2.24, 2.45) is 17.8 Å². The van der Waals surface area contributed by atoms with Crippen LogP contribution in [-0.4, -0.2) is 40.3 Å². The lowest BCUT2D eigenvalue weighted by atomic mass is 9.61. The second-order valence-electron chi connectivity index (χ2n) is 7.02. The summed E-state index contributed by atoms with van der Waals surface area (Å²) in [4.78, 5) is 17.0. The van der Waals surface area contributed by atoms with Gasteiger partial charge < -0.3 is 14.8 Å². The molecule has 3 fully saturated rings. The Labute approximate surface area is 157 Å². The smallest absolute Gasteiger partial charge is 0.311 e. The minimum Gasteiger partial charge on any atom is -0.481 e. The molecule has 3 aliphatic rings. The van der Waals surface area contributed by atoms with E-state index in [1.165, 1.54) is 0 Å². The quantitative estimate of drug-likeness (QED) is 0.805. The van der Waals surface area contributed by atoms with Gasteiger partial charge in [-0.25, -0.2) is 0 Å². The van der Waals surface area contributed by atoms with E-state index in [2.05, 4.69) is 15.4 Å². The summed E-state index contributed by atoms with van der Waals surface area (Å²) in [7, 11) is 1.59. The molecule has 0 spiro atoms. The lowest BCUT2D eigenvalue weighted by Crippen LogP contribution is -2.52. The molecule has 0 radical (unpaired) electrons. The zero-order chi connectivity index (χ0) is 18.3. The van der Waals surface area contributed by atoms with Crippen LogP contribution in [0, 0.1) is 17.8 Å². The molecule has 1 N–H and O–H groups in total. The van der Waals surface area contributed by atoms with Gasteiger partial charge in [0.1, 0.15) is 5.52 Å². The maximum absolute atomic E-state index is 12.6. The number of carbonyl (C=O) groups excluding carboxylic acids is 1. The highest BCUT2D eigenvalue weighted by atomic mass is 35.5. The number of anilines is 1. The minimum atomic E-state index is -0.145. The highest BCUT2D eigenvalue weighted by molar-refractivity contribution is 6.28. The number of nitrogens with zero attached hydrogens (tertiary/aromatic N) is 3. The van der Waals surface area contributed by atoms with E-state index in [-0.39, 0.29) is 23.2 Å². The summed E-state index contributed by atoms with van der Waals surface area (Å²) in [6.07, 6.45) is 4.42. The van der Waals surface area contributed by atoms with Crippen molar-refractivity contribution in [3.8, 4) is 5.88 Å². The lowest BCUT2D eigenvalue weighted by molar-refractivity contribution is -0.154. The van der Waals surface area contributed by atoms with Crippen LogP contribution >= 0.6 is 11.6 Å². The van der Waals surface area contributed by atoms with Crippen molar-refractivity contribution in [2.75, 3.05) is 19.0 Å². The van der Waals surface area contributed by atoms with Crippen LogP contribution in [0.4, 0.5) is 5.82 Å². The van der Waals surface area contributed by atoms with Gasteiger partial charge in [-0.2, -0.15) is 9.50 Å². The number of aromatic nitrogens is 3. The molecule has 140 valence electrons. The average Bonchev–Trinajstić information content (AvgIpc) is 3.05. The molecule has 2 aromatic rings. The maximum atomic E-state index is 12.6. The Morgan fingerprint density at radius 3 is 2.73 bits per heavy atom. The molecule has 2 aromatic heterocycles. The van der Waals surface area contributed by atoms with Crippen molar-refractivity contribution in [3.63, 3.8) is 0 Å². The van der Waals surface area contributed by atoms with E-state index in [0.29, 0.717) is 30.1 Å². The van der Waals surface area contributed by atoms with E-state index < -0.39 is 0 Å². The number of halogens is 1. The van der Waals surface area contributed by atoms with Gasteiger partial charge in [0.2, 0.25) is 11.2 Å². The van der Waals surface area contributed by atoms with Crippen LogP contribution in [0.2, 0.25) is 5.28 Å². The number of methoxy groups -OCH3 is 1. The maximum Gasteiger partial charge on any atom is 0.311 e. The van der Waals surface area contributed by atoms with E-state index in [4.69, 9.17) is 21.1 Å². The van der Waals surface area contributed by atoms with Gasteiger partial charge in [-0.1, -0.05) is 0 Å². The molecule has 26 heavy (non-hydrogen) atoms. The molecule has 0 aromatic carbocycles. The summed E-state index contributed by atoms with van der Waals surface area (Å²) in [6.45, 7) is 2.25. The zero-order valence-electron chi connectivity index (χ0n) is 14.9. The topological polar surface area (TPSA) is 77.8 Å². The first-order valence-electron chi connectivity index (χ1n) is 9.14. The summed E-state index contributed by atoms with van der Waals surface area (Å²) < 4.78 is 12.3. The third-order valence-corrected chi connectivity index (χ3v) is 5.90. The van der Waals surface area contributed by atoms with Gasteiger partial charge in [-0.3, -0.25) is 4.79 Å². The monoisotopic (exact) mass is 378 g/mol. The number of nitrogens with one attached hydrogen (secondary N) is 1. The first-order chi connectivity index (χ1) is 12.6. The zero-order valence-corrected chi connectivity index (χ0v) is 15.7. The highest BCUT2D eigenvalue weighted by Gasteiger charge is 2.48. The first kappa shape index (κ1) is 17.4. The number of ether oxygens (including phenoxy) is 2. The van der Waals surface area contributed by atoms with Crippen molar-refractivity contribution in [3.05, 3.63) is 17.4 Å². The van der Waals surface area contributed by atoms with Crippen molar-refractivity contribution in [1.29, 1.82) is 0 Å². The van der Waals surface area contributed by atoms with Gasteiger partial charge in [-0.15, -0.1) is 5.10 Å². The molecule has 0 amide bonds. The molecule has 2 bridgehead atoms. The molecule has 3 saturated carbocycles. The van der Waals surface area contributed by atoms with Crippen molar-refractivity contribution < 1.29 is 14.3 Å². The van der Waals surface area contributed by atoms with Gasteiger partial charge in [0.15, 0.2) is 5.82 Å². The second-order valence-corrected chi connectivity index (χ2v) is 7.36. The van der Waals surface area contributed by atoms with E-state index in [9.17, 15) is 4.79 Å². The fourth-order valence-corrected chi connectivity index (χ4v) is 4.76. The van der Waals surface area contributed by atoms with E-state index >= 15 is 0 Å². The van der Waals surface area contributed by atoms with Gasteiger partial charge in [0.05, 0.1) is 19.6 Å². The van der Waals surface area contributed by atoms with Gasteiger partial charge >= 0.3 is 5.97 Å². The molecule has 2 atom stereocenters. The third-order valence-electron chi connectivity index (χ3n) is 5.74. The number of esters is 1.